The Morgan fingerprint density at radius 2 is 2.11 bits per heavy atom. The molecule has 108 valence electrons. The highest BCUT2D eigenvalue weighted by Gasteiger charge is 2.20. The second-order valence-electron chi connectivity index (χ2n) is 4.55. The number of rotatable bonds is 7. The van der Waals surface area contributed by atoms with Crippen molar-refractivity contribution in [2.45, 2.75) is 37.8 Å². The molecule has 1 unspecified atom stereocenters. The van der Waals surface area contributed by atoms with Gasteiger partial charge in [0.15, 0.2) is 0 Å². The Morgan fingerprint density at radius 1 is 1.42 bits per heavy atom. The van der Waals surface area contributed by atoms with Gasteiger partial charge in [0.1, 0.15) is 0 Å². The second kappa shape index (κ2) is 7.28. The van der Waals surface area contributed by atoms with Crippen molar-refractivity contribution in [2.75, 3.05) is 12.0 Å². The van der Waals surface area contributed by atoms with Crippen LogP contribution in [0.2, 0.25) is 0 Å². The second-order valence-corrected chi connectivity index (χ2v) is 7.22. The molecule has 1 rings (SSSR count). The quantitative estimate of drug-likeness (QED) is 0.806. The molecule has 0 aliphatic carbocycles. The van der Waals surface area contributed by atoms with Gasteiger partial charge >= 0.3 is 0 Å². The first-order valence-electron chi connectivity index (χ1n) is 6.22. The van der Waals surface area contributed by atoms with Crippen molar-refractivity contribution in [3.05, 3.63) is 29.3 Å². The van der Waals surface area contributed by atoms with E-state index in [0.29, 0.717) is 11.4 Å². The van der Waals surface area contributed by atoms with Crippen LogP contribution < -0.4 is 10.5 Å². The van der Waals surface area contributed by atoms with Gasteiger partial charge in [-0.2, -0.15) is 11.8 Å². The lowest BCUT2D eigenvalue weighted by Gasteiger charge is -2.16. The van der Waals surface area contributed by atoms with Crippen LogP contribution in [0.25, 0.3) is 0 Å². The Morgan fingerprint density at radius 3 is 2.68 bits per heavy atom. The molecule has 1 aromatic rings. The Bertz CT molecular complexity index is 515. The first-order chi connectivity index (χ1) is 8.92. The smallest absolute Gasteiger partial charge is 0.241 e. The maximum Gasteiger partial charge on any atom is 0.241 e. The van der Waals surface area contributed by atoms with E-state index >= 15 is 0 Å². The summed E-state index contributed by atoms with van der Waals surface area (Å²) in [6.45, 7) is 4.02. The van der Waals surface area contributed by atoms with Crippen molar-refractivity contribution in [3.8, 4) is 0 Å². The molecule has 1 atom stereocenters. The maximum absolute atomic E-state index is 12.3. The summed E-state index contributed by atoms with van der Waals surface area (Å²) in [4.78, 5) is 0.325. The maximum atomic E-state index is 12.3. The van der Waals surface area contributed by atoms with E-state index in [9.17, 15) is 8.42 Å². The predicted octanol–water partition coefficient (Wildman–Crippen LogP) is 1.87. The topological polar surface area (TPSA) is 72.2 Å². The number of benzene rings is 1. The average molecular weight is 302 g/mol. The summed E-state index contributed by atoms with van der Waals surface area (Å²) in [5, 5.41) is 0. The summed E-state index contributed by atoms with van der Waals surface area (Å²) in [5.74, 6) is 0.936. The summed E-state index contributed by atoms with van der Waals surface area (Å²) < 4.78 is 27.4. The SMILES string of the molecule is CSCCC(C)NS(=O)(=O)c1cccc(CN)c1C. The van der Waals surface area contributed by atoms with Crippen LogP contribution in [0.5, 0.6) is 0 Å². The zero-order chi connectivity index (χ0) is 14.5. The molecule has 0 bridgehead atoms. The minimum absolute atomic E-state index is 0.0709. The molecule has 19 heavy (non-hydrogen) atoms. The molecule has 6 heteroatoms. The highest BCUT2D eigenvalue weighted by Crippen LogP contribution is 2.19. The van der Waals surface area contributed by atoms with Gasteiger partial charge in [-0.15, -0.1) is 0 Å². The lowest BCUT2D eigenvalue weighted by Crippen LogP contribution is -2.33. The first kappa shape index (κ1) is 16.5. The molecular weight excluding hydrogens is 280 g/mol. The molecule has 1 aromatic carbocycles. The van der Waals surface area contributed by atoms with Crippen LogP contribution in [-0.4, -0.2) is 26.5 Å². The normalized spacial score (nSPS) is 13.5. The third-order valence-corrected chi connectivity index (χ3v) is 5.39. The standard InChI is InChI=1S/C13H22N2O2S2/c1-10(7-8-18-3)15-19(16,17)13-6-4-5-12(9-14)11(13)2/h4-6,10,15H,7-9,14H2,1-3H3. The van der Waals surface area contributed by atoms with Crippen LogP contribution >= 0.6 is 11.8 Å². The monoisotopic (exact) mass is 302 g/mol. The van der Waals surface area contributed by atoms with Crippen LogP contribution in [0.4, 0.5) is 0 Å². The van der Waals surface area contributed by atoms with Crippen molar-refractivity contribution in [3.63, 3.8) is 0 Å². The van der Waals surface area contributed by atoms with Crippen molar-refractivity contribution in [2.24, 2.45) is 5.73 Å². The lowest BCUT2D eigenvalue weighted by atomic mass is 10.1. The minimum atomic E-state index is -3.47. The molecule has 0 aliphatic rings. The van der Waals surface area contributed by atoms with Gasteiger partial charge in [0, 0.05) is 12.6 Å². The molecule has 0 spiro atoms. The fourth-order valence-corrected chi connectivity index (χ4v) is 4.01. The van der Waals surface area contributed by atoms with Crippen LogP contribution in [0.3, 0.4) is 0 Å². The fourth-order valence-electron chi connectivity index (χ4n) is 1.85. The zero-order valence-electron chi connectivity index (χ0n) is 11.6. The van der Waals surface area contributed by atoms with Gasteiger partial charge in [0.05, 0.1) is 4.90 Å². The predicted molar refractivity (Wildman–Crippen MR) is 81.9 cm³/mol. The van der Waals surface area contributed by atoms with Gasteiger partial charge < -0.3 is 5.73 Å². The first-order valence-corrected chi connectivity index (χ1v) is 9.10. The molecule has 0 saturated heterocycles. The Labute approximate surface area is 120 Å². The number of nitrogens with one attached hydrogen (secondary N) is 1. The lowest BCUT2D eigenvalue weighted by molar-refractivity contribution is 0.556. The minimum Gasteiger partial charge on any atom is -0.326 e. The zero-order valence-corrected chi connectivity index (χ0v) is 13.3. The fraction of sp³-hybridized carbons (Fsp3) is 0.538. The summed E-state index contributed by atoms with van der Waals surface area (Å²) in [7, 11) is -3.47. The van der Waals surface area contributed by atoms with E-state index in [1.165, 1.54) is 0 Å². The molecule has 0 fully saturated rings. The van der Waals surface area contributed by atoms with Gasteiger partial charge in [-0.25, -0.2) is 13.1 Å². The van der Waals surface area contributed by atoms with Crippen LogP contribution in [0.15, 0.2) is 23.1 Å². The Balaban J connectivity index is 2.94. The van der Waals surface area contributed by atoms with Gasteiger partial charge in [0.2, 0.25) is 10.0 Å². The third-order valence-electron chi connectivity index (χ3n) is 3.02. The highest BCUT2D eigenvalue weighted by atomic mass is 32.2. The number of hydrogen-bond donors (Lipinski definition) is 2. The molecule has 4 nitrogen and oxygen atoms in total. The molecule has 0 heterocycles. The summed E-state index contributed by atoms with van der Waals surface area (Å²) in [5.41, 5.74) is 7.20. The number of nitrogens with two attached hydrogens (primary N) is 1. The van der Waals surface area contributed by atoms with E-state index in [1.807, 2.05) is 19.2 Å². The van der Waals surface area contributed by atoms with E-state index in [2.05, 4.69) is 4.72 Å². The van der Waals surface area contributed by atoms with Gasteiger partial charge in [-0.05, 0) is 49.5 Å². The molecule has 0 saturated carbocycles. The van der Waals surface area contributed by atoms with Crippen LogP contribution in [-0.2, 0) is 16.6 Å². The summed E-state index contributed by atoms with van der Waals surface area (Å²) in [6, 6.07) is 5.14. The highest BCUT2D eigenvalue weighted by molar-refractivity contribution is 7.98. The van der Waals surface area contributed by atoms with Crippen LogP contribution in [0.1, 0.15) is 24.5 Å². The number of hydrogen-bond acceptors (Lipinski definition) is 4. The van der Waals surface area contributed by atoms with Crippen molar-refractivity contribution in [1.29, 1.82) is 0 Å². The van der Waals surface area contributed by atoms with Crippen molar-refractivity contribution >= 4 is 21.8 Å². The van der Waals surface area contributed by atoms with E-state index in [4.69, 9.17) is 5.73 Å². The van der Waals surface area contributed by atoms with Gasteiger partial charge in [0.25, 0.3) is 0 Å². The molecular formula is C13H22N2O2S2. The molecule has 0 aromatic heterocycles. The Kier molecular flexibility index (Phi) is 6.32. The molecule has 0 radical (unpaired) electrons. The number of thioether (sulfide) groups is 1. The Hall–Kier alpha value is -0.560. The van der Waals surface area contributed by atoms with E-state index in [-0.39, 0.29) is 6.04 Å². The van der Waals surface area contributed by atoms with E-state index in [0.717, 1.165) is 23.3 Å². The average Bonchev–Trinajstić information content (AvgIpc) is 2.35. The third kappa shape index (κ3) is 4.49. The van der Waals surface area contributed by atoms with Crippen molar-refractivity contribution < 1.29 is 8.42 Å². The number of sulfonamides is 1. The van der Waals surface area contributed by atoms with Crippen LogP contribution in [0, 0.1) is 6.92 Å². The van der Waals surface area contributed by atoms with E-state index in [1.54, 1.807) is 30.8 Å². The van der Waals surface area contributed by atoms with Crippen molar-refractivity contribution in [1.82, 2.24) is 4.72 Å². The summed E-state index contributed by atoms with van der Waals surface area (Å²) >= 11 is 1.71. The molecule has 0 aliphatic heterocycles. The molecule has 3 N–H and O–H groups in total. The summed E-state index contributed by atoms with van der Waals surface area (Å²) in [6.07, 6.45) is 2.83. The largest absolute Gasteiger partial charge is 0.326 e. The molecule has 0 amide bonds. The van der Waals surface area contributed by atoms with Gasteiger partial charge in [-0.1, -0.05) is 12.1 Å². The van der Waals surface area contributed by atoms with E-state index < -0.39 is 10.0 Å². The van der Waals surface area contributed by atoms with Gasteiger partial charge in [-0.3, -0.25) is 0 Å².